The number of hydrogen-bond donors (Lipinski definition) is 1. The van der Waals surface area contributed by atoms with Gasteiger partial charge in [-0.15, -0.1) is 0 Å². The molecular weight excluding hydrogens is 254 g/mol. The number of nitro groups is 1. The van der Waals surface area contributed by atoms with Crippen LogP contribution in [-0.2, 0) is 0 Å². The van der Waals surface area contributed by atoms with Crippen molar-refractivity contribution in [3.63, 3.8) is 0 Å². The lowest BCUT2D eigenvalue weighted by Gasteiger charge is -2.14. The summed E-state index contributed by atoms with van der Waals surface area (Å²) >= 11 is 0. The SMILES string of the molecule is CC(CNc1ccc([N+](=O)[O-])c2cnccc12)C1CC1. The van der Waals surface area contributed by atoms with Crippen LogP contribution in [0.2, 0.25) is 0 Å². The van der Waals surface area contributed by atoms with Gasteiger partial charge in [0.05, 0.1) is 10.3 Å². The predicted molar refractivity (Wildman–Crippen MR) is 78.8 cm³/mol. The van der Waals surface area contributed by atoms with E-state index >= 15 is 0 Å². The number of nitro benzene ring substituents is 1. The molecule has 1 aromatic heterocycles. The minimum Gasteiger partial charge on any atom is -0.384 e. The van der Waals surface area contributed by atoms with Gasteiger partial charge in [-0.05, 0) is 36.8 Å². The Morgan fingerprint density at radius 1 is 1.40 bits per heavy atom. The molecule has 0 spiro atoms. The Hall–Kier alpha value is -2.17. The highest BCUT2D eigenvalue weighted by molar-refractivity contribution is 5.99. The Bertz CT molecular complexity index is 653. The lowest BCUT2D eigenvalue weighted by atomic mass is 10.1. The number of non-ortho nitro benzene ring substituents is 1. The van der Waals surface area contributed by atoms with Crippen LogP contribution < -0.4 is 5.32 Å². The molecule has 1 unspecified atom stereocenters. The summed E-state index contributed by atoms with van der Waals surface area (Å²) < 4.78 is 0. The van der Waals surface area contributed by atoms with E-state index in [1.165, 1.54) is 12.8 Å². The number of hydrogen-bond acceptors (Lipinski definition) is 4. The first-order chi connectivity index (χ1) is 9.66. The summed E-state index contributed by atoms with van der Waals surface area (Å²) in [5, 5.41) is 15.9. The first kappa shape index (κ1) is 12.8. The lowest BCUT2D eigenvalue weighted by molar-refractivity contribution is -0.383. The molecule has 1 aliphatic rings. The summed E-state index contributed by atoms with van der Waals surface area (Å²) in [6.07, 6.45) is 5.88. The number of nitrogens with zero attached hydrogens (tertiary/aromatic N) is 2. The molecule has 2 aromatic rings. The maximum absolute atomic E-state index is 11.0. The molecule has 20 heavy (non-hydrogen) atoms. The number of nitrogens with one attached hydrogen (secondary N) is 1. The molecule has 0 amide bonds. The Morgan fingerprint density at radius 3 is 2.90 bits per heavy atom. The van der Waals surface area contributed by atoms with Gasteiger partial charge in [-0.1, -0.05) is 6.92 Å². The minimum atomic E-state index is -0.361. The topological polar surface area (TPSA) is 68.1 Å². The van der Waals surface area contributed by atoms with Gasteiger partial charge in [0, 0.05) is 36.1 Å². The monoisotopic (exact) mass is 271 g/mol. The maximum Gasteiger partial charge on any atom is 0.278 e. The van der Waals surface area contributed by atoms with Crippen LogP contribution in [0, 0.1) is 22.0 Å². The van der Waals surface area contributed by atoms with Crippen molar-refractivity contribution >= 4 is 22.1 Å². The van der Waals surface area contributed by atoms with Crippen LogP contribution in [-0.4, -0.2) is 16.5 Å². The van der Waals surface area contributed by atoms with Gasteiger partial charge in [0.2, 0.25) is 0 Å². The van der Waals surface area contributed by atoms with Gasteiger partial charge in [-0.2, -0.15) is 0 Å². The summed E-state index contributed by atoms with van der Waals surface area (Å²) in [5.74, 6) is 1.48. The molecular formula is C15H17N3O2. The van der Waals surface area contributed by atoms with E-state index in [2.05, 4.69) is 17.2 Å². The second-order valence-electron chi connectivity index (χ2n) is 5.51. The first-order valence-corrected chi connectivity index (χ1v) is 6.92. The fourth-order valence-electron chi connectivity index (χ4n) is 2.59. The molecule has 0 saturated heterocycles. The highest BCUT2D eigenvalue weighted by Gasteiger charge is 2.27. The zero-order valence-corrected chi connectivity index (χ0v) is 11.4. The Labute approximate surface area is 117 Å². The standard InChI is InChI=1S/C15H17N3O2/c1-10(11-2-3-11)8-17-14-4-5-15(18(19)20)13-9-16-7-6-12(13)14/h4-7,9-11,17H,2-3,8H2,1H3. The molecule has 0 radical (unpaired) electrons. The summed E-state index contributed by atoms with van der Waals surface area (Å²) in [6, 6.07) is 5.17. The third-order valence-corrected chi connectivity index (χ3v) is 4.03. The summed E-state index contributed by atoms with van der Waals surface area (Å²) in [4.78, 5) is 14.7. The Kier molecular flexibility index (Phi) is 3.26. The van der Waals surface area contributed by atoms with Gasteiger partial charge in [-0.25, -0.2) is 0 Å². The number of anilines is 1. The van der Waals surface area contributed by atoms with Gasteiger partial charge in [0.15, 0.2) is 0 Å². The second-order valence-corrected chi connectivity index (χ2v) is 5.51. The van der Waals surface area contributed by atoms with E-state index in [9.17, 15) is 10.1 Å². The van der Waals surface area contributed by atoms with Crippen molar-refractivity contribution in [3.05, 3.63) is 40.7 Å². The molecule has 1 N–H and O–H groups in total. The Balaban J connectivity index is 1.91. The van der Waals surface area contributed by atoms with Crippen LogP contribution in [0.25, 0.3) is 10.8 Å². The van der Waals surface area contributed by atoms with Crippen LogP contribution in [0.1, 0.15) is 19.8 Å². The van der Waals surface area contributed by atoms with Gasteiger partial charge in [-0.3, -0.25) is 15.1 Å². The zero-order chi connectivity index (χ0) is 14.1. The molecule has 104 valence electrons. The van der Waals surface area contributed by atoms with Crippen molar-refractivity contribution in [2.75, 3.05) is 11.9 Å². The fraction of sp³-hybridized carbons (Fsp3) is 0.400. The van der Waals surface area contributed by atoms with Crippen molar-refractivity contribution in [1.82, 2.24) is 4.98 Å². The lowest BCUT2D eigenvalue weighted by Crippen LogP contribution is -2.13. The molecule has 5 nitrogen and oxygen atoms in total. The molecule has 5 heteroatoms. The highest BCUT2D eigenvalue weighted by Crippen LogP contribution is 2.37. The fourth-order valence-corrected chi connectivity index (χ4v) is 2.59. The van der Waals surface area contributed by atoms with E-state index in [1.54, 1.807) is 24.5 Å². The Morgan fingerprint density at radius 2 is 2.20 bits per heavy atom. The summed E-state index contributed by atoms with van der Waals surface area (Å²) in [5.41, 5.74) is 1.05. The molecule has 1 aromatic carbocycles. The van der Waals surface area contributed by atoms with E-state index in [1.807, 2.05) is 6.07 Å². The predicted octanol–water partition coefficient (Wildman–Crippen LogP) is 3.60. The molecule has 1 heterocycles. The van der Waals surface area contributed by atoms with E-state index in [0.29, 0.717) is 11.3 Å². The van der Waals surface area contributed by atoms with Crippen molar-refractivity contribution in [1.29, 1.82) is 0 Å². The van der Waals surface area contributed by atoms with Crippen LogP contribution in [0.15, 0.2) is 30.6 Å². The number of aromatic nitrogens is 1. The average Bonchev–Trinajstić information content (AvgIpc) is 3.28. The van der Waals surface area contributed by atoms with E-state index in [4.69, 9.17) is 0 Å². The smallest absolute Gasteiger partial charge is 0.278 e. The van der Waals surface area contributed by atoms with Gasteiger partial charge >= 0.3 is 0 Å². The van der Waals surface area contributed by atoms with Gasteiger partial charge < -0.3 is 5.32 Å². The van der Waals surface area contributed by atoms with Crippen molar-refractivity contribution in [3.8, 4) is 0 Å². The zero-order valence-electron chi connectivity index (χ0n) is 11.4. The first-order valence-electron chi connectivity index (χ1n) is 6.92. The molecule has 0 aliphatic heterocycles. The molecule has 0 bridgehead atoms. The van der Waals surface area contributed by atoms with Crippen molar-refractivity contribution < 1.29 is 4.92 Å². The summed E-state index contributed by atoms with van der Waals surface area (Å²) in [6.45, 7) is 3.15. The molecule has 1 saturated carbocycles. The van der Waals surface area contributed by atoms with Crippen LogP contribution in [0.5, 0.6) is 0 Å². The number of fused-ring (bicyclic) bond motifs is 1. The van der Waals surface area contributed by atoms with Crippen LogP contribution >= 0.6 is 0 Å². The van der Waals surface area contributed by atoms with E-state index in [0.717, 1.165) is 23.5 Å². The highest BCUT2D eigenvalue weighted by atomic mass is 16.6. The normalized spacial score (nSPS) is 16.1. The summed E-state index contributed by atoms with van der Waals surface area (Å²) in [7, 11) is 0. The van der Waals surface area contributed by atoms with Crippen molar-refractivity contribution in [2.24, 2.45) is 11.8 Å². The quantitative estimate of drug-likeness (QED) is 0.666. The van der Waals surface area contributed by atoms with Gasteiger partial charge in [0.1, 0.15) is 0 Å². The minimum absolute atomic E-state index is 0.105. The van der Waals surface area contributed by atoms with E-state index < -0.39 is 0 Å². The number of benzene rings is 1. The number of rotatable bonds is 5. The average molecular weight is 271 g/mol. The second kappa shape index (κ2) is 5.07. The molecule has 1 fully saturated rings. The third-order valence-electron chi connectivity index (χ3n) is 4.03. The number of pyridine rings is 1. The van der Waals surface area contributed by atoms with E-state index in [-0.39, 0.29) is 10.6 Å². The molecule has 1 aliphatic carbocycles. The maximum atomic E-state index is 11.0. The van der Waals surface area contributed by atoms with Crippen molar-refractivity contribution in [2.45, 2.75) is 19.8 Å². The van der Waals surface area contributed by atoms with Gasteiger partial charge in [0.25, 0.3) is 5.69 Å². The molecule has 3 rings (SSSR count). The largest absolute Gasteiger partial charge is 0.384 e. The third kappa shape index (κ3) is 2.43. The van der Waals surface area contributed by atoms with Crippen LogP contribution in [0.4, 0.5) is 11.4 Å². The van der Waals surface area contributed by atoms with Crippen LogP contribution in [0.3, 0.4) is 0 Å². The molecule has 1 atom stereocenters.